The van der Waals surface area contributed by atoms with Gasteiger partial charge in [0.25, 0.3) is 0 Å². The van der Waals surface area contributed by atoms with Gasteiger partial charge in [0.1, 0.15) is 4.75 Å². The number of pyridine rings is 1. The average Bonchev–Trinajstić information content (AvgIpc) is 3.10. The van der Waals surface area contributed by atoms with Gasteiger partial charge >= 0.3 is 0 Å². The van der Waals surface area contributed by atoms with Crippen molar-refractivity contribution in [2.45, 2.75) is 22.0 Å². The van der Waals surface area contributed by atoms with Gasteiger partial charge in [0.2, 0.25) is 5.91 Å². The van der Waals surface area contributed by atoms with Crippen LogP contribution in [0, 0.1) is 0 Å². The van der Waals surface area contributed by atoms with Crippen LogP contribution in [0.25, 0.3) is 5.65 Å². The number of hydrogen-bond donors (Lipinski definition) is 1. The van der Waals surface area contributed by atoms with Crippen molar-refractivity contribution >= 4 is 23.3 Å². The summed E-state index contributed by atoms with van der Waals surface area (Å²) in [6.07, 6.45) is 7.71. The van der Waals surface area contributed by atoms with Gasteiger partial charge in [0.05, 0.1) is 11.9 Å². The van der Waals surface area contributed by atoms with Crippen LogP contribution in [0.2, 0.25) is 0 Å². The van der Waals surface area contributed by atoms with E-state index in [0.717, 1.165) is 16.2 Å². The summed E-state index contributed by atoms with van der Waals surface area (Å²) in [5.41, 5.74) is 7.30. The number of primary amides is 1. The van der Waals surface area contributed by atoms with E-state index in [9.17, 15) is 4.79 Å². The Balaban J connectivity index is 1.67. The number of rotatable bonds is 4. The number of fused-ring (bicyclic) bond motifs is 1. The van der Waals surface area contributed by atoms with Crippen LogP contribution in [0.3, 0.4) is 0 Å². The minimum atomic E-state index is -0.638. The molecule has 2 N–H and O–H groups in total. The van der Waals surface area contributed by atoms with E-state index in [4.69, 9.17) is 5.73 Å². The maximum atomic E-state index is 12.0. The Hall–Kier alpha value is -2.41. The molecule has 0 radical (unpaired) electrons. The number of imidazole rings is 1. The Kier molecular flexibility index (Phi) is 2.90. The van der Waals surface area contributed by atoms with Crippen molar-refractivity contribution < 1.29 is 4.79 Å². The SMILES string of the molecule is NC(=O)C1(Sc2cccnc2)CC1c1cn2ncccc2n1. The minimum Gasteiger partial charge on any atom is -0.368 e. The second-order valence-corrected chi connectivity index (χ2v) is 6.70. The molecule has 1 amide bonds. The highest BCUT2D eigenvalue weighted by Gasteiger charge is 2.61. The van der Waals surface area contributed by atoms with Crippen LogP contribution in [0.5, 0.6) is 0 Å². The number of thioether (sulfide) groups is 1. The van der Waals surface area contributed by atoms with Gasteiger partial charge in [0, 0.05) is 29.4 Å². The smallest absolute Gasteiger partial charge is 0.234 e. The van der Waals surface area contributed by atoms with E-state index in [1.807, 2.05) is 30.5 Å². The molecule has 1 aliphatic carbocycles. The van der Waals surface area contributed by atoms with Crippen molar-refractivity contribution in [2.24, 2.45) is 5.73 Å². The molecule has 22 heavy (non-hydrogen) atoms. The number of amides is 1. The Bertz CT molecular complexity index is 816. The van der Waals surface area contributed by atoms with Gasteiger partial charge in [-0.3, -0.25) is 9.78 Å². The molecule has 3 heterocycles. The van der Waals surface area contributed by atoms with E-state index in [1.54, 1.807) is 23.1 Å². The number of carbonyl (C=O) groups excluding carboxylic acids is 1. The van der Waals surface area contributed by atoms with Crippen molar-refractivity contribution in [3.05, 3.63) is 54.7 Å². The first-order chi connectivity index (χ1) is 10.7. The number of nitrogens with two attached hydrogens (primary N) is 1. The number of aromatic nitrogens is 4. The maximum absolute atomic E-state index is 12.0. The minimum absolute atomic E-state index is 0.0110. The van der Waals surface area contributed by atoms with Crippen LogP contribution < -0.4 is 5.73 Å². The molecule has 6 nitrogen and oxygen atoms in total. The summed E-state index contributed by atoms with van der Waals surface area (Å²) in [5, 5.41) is 4.21. The maximum Gasteiger partial charge on any atom is 0.234 e. The Morgan fingerprint density at radius 2 is 2.23 bits per heavy atom. The van der Waals surface area contributed by atoms with E-state index in [1.165, 1.54) is 11.8 Å². The molecule has 1 aliphatic rings. The van der Waals surface area contributed by atoms with Crippen molar-refractivity contribution in [3.8, 4) is 0 Å². The van der Waals surface area contributed by atoms with Gasteiger partial charge in [-0.05, 0) is 30.7 Å². The van der Waals surface area contributed by atoms with Crippen molar-refractivity contribution in [1.82, 2.24) is 19.6 Å². The molecule has 0 bridgehead atoms. The zero-order valence-electron chi connectivity index (χ0n) is 11.6. The molecule has 7 heteroatoms. The molecule has 3 aromatic rings. The topological polar surface area (TPSA) is 86.2 Å². The van der Waals surface area contributed by atoms with Gasteiger partial charge in [0.15, 0.2) is 5.65 Å². The van der Waals surface area contributed by atoms with E-state index >= 15 is 0 Å². The van der Waals surface area contributed by atoms with Crippen LogP contribution in [0.1, 0.15) is 18.0 Å². The van der Waals surface area contributed by atoms with Crippen molar-refractivity contribution in [3.63, 3.8) is 0 Å². The number of hydrogen-bond acceptors (Lipinski definition) is 5. The standard InChI is InChI=1S/C15H13N5OS/c16-14(21)15(22-10-3-1-5-17-8-10)7-11(15)12-9-20-13(19-12)4-2-6-18-20/h1-6,8-9,11H,7H2,(H2,16,21). The third-order valence-electron chi connectivity index (χ3n) is 3.87. The first kappa shape index (κ1) is 13.3. The third kappa shape index (κ3) is 2.05. The summed E-state index contributed by atoms with van der Waals surface area (Å²) in [7, 11) is 0. The lowest BCUT2D eigenvalue weighted by atomic mass is 10.2. The van der Waals surface area contributed by atoms with Gasteiger partial charge in [-0.1, -0.05) is 0 Å². The highest BCUT2D eigenvalue weighted by molar-refractivity contribution is 8.01. The monoisotopic (exact) mass is 311 g/mol. The van der Waals surface area contributed by atoms with E-state index in [0.29, 0.717) is 6.42 Å². The fourth-order valence-electron chi connectivity index (χ4n) is 2.66. The zero-order valence-corrected chi connectivity index (χ0v) is 12.4. The molecule has 4 rings (SSSR count). The number of nitrogens with zero attached hydrogens (tertiary/aromatic N) is 4. The van der Waals surface area contributed by atoms with Gasteiger partial charge in [-0.15, -0.1) is 11.8 Å². The summed E-state index contributed by atoms with van der Waals surface area (Å²) in [6.45, 7) is 0. The second kappa shape index (κ2) is 4.81. The molecule has 0 aliphatic heterocycles. The summed E-state index contributed by atoms with van der Waals surface area (Å²) in [6, 6.07) is 7.51. The average molecular weight is 311 g/mol. The summed E-state index contributed by atoms with van der Waals surface area (Å²) >= 11 is 1.47. The Morgan fingerprint density at radius 1 is 1.36 bits per heavy atom. The highest BCUT2D eigenvalue weighted by atomic mass is 32.2. The predicted octanol–water partition coefficient (Wildman–Crippen LogP) is 1.63. The van der Waals surface area contributed by atoms with Gasteiger partial charge < -0.3 is 5.73 Å². The molecular formula is C15H13N5OS. The molecule has 0 saturated heterocycles. The molecule has 1 saturated carbocycles. The van der Waals surface area contributed by atoms with Crippen molar-refractivity contribution in [2.75, 3.05) is 0 Å². The molecule has 110 valence electrons. The van der Waals surface area contributed by atoms with Crippen molar-refractivity contribution in [1.29, 1.82) is 0 Å². The zero-order chi connectivity index (χ0) is 15.2. The second-order valence-electron chi connectivity index (χ2n) is 5.29. The number of carbonyl (C=O) groups is 1. The van der Waals surface area contributed by atoms with Crippen LogP contribution in [0.15, 0.2) is 53.9 Å². The lowest BCUT2D eigenvalue weighted by molar-refractivity contribution is -0.118. The van der Waals surface area contributed by atoms with Gasteiger partial charge in [-0.25, -0.2) is 9.50 Å². The van der Waals surface area contributed by atoms with Crippen LogP contribution in [-0.2, 0) is 4.79 Å². The van der Waals surface area contributed by atoms with Gasteiger partial charge in [-0.2, -0.15) is 5.10 Å². The van der Waals surface area contributed by atoms with Crippen LogP contribution in [-0.4, -0.2) is 30.2 Å². The largest absolute Gasteiger partial charge is 0.368 e. The molecular weight excluding hydrogens is 298 g/mol. The normalized spacial score (nSPS) is 23.5. The van der Waals surface area contributed by atoms with E-state index < -0.39 is 4.75 Å². The Morgan fingerprint density at radius 3 is 2.95 bits per heavy atom. The first-order valence-corrected chi connectivity index (χ1v) is 7.70. The van der Waals surface area contributed by atoms with E-state index in [-0.39, 0.29) is 11.8 Å². The lowest BCUT2D eigenvalue weighted by Gasteiger charge is -2.11. The molecule has 0 spiro atoms. The summed E-state index contributed by atoms with van der Waals surface area (Å²) in [5.74, 6) is -0.298. The molecule has 3 aromatic heterocycles. The van der Waals surface area contributed by atoms with Crippen LogP contribution >= 0.6 is 11.8 Å². The van der Waals surface area contributed by atoms with E-state index in [2.05, 4.69) is 15.1 Å². The fraction of sp³-hybridized carbons (Fsp3) is 0.200. The summed E-state index contributed by atoms with van der Waals surface area (Å²) in [4.78, 5) is 21.6. The highest BCUT2D eigenvalue weighted by Crippen LogP contribution is 2.61. The molecule has 0 aromatic carbocycles. The summed E-state index contributed by atoms with van der Waals surface area (Å²) < 4.78 is 1.08. The predicted molar refractivity (Wildman–Crippen MR) is 82.4 cm³/mol. The van der Waals surface area contributed by atoms with Crippen LogP contribution in [0.4, 0.5) is 0 Å². The quantitative estimate of drug-likeness (QED) is 0.791. The fourth-order valence-corrected chi connectivity index (χ4v) is 3.95. The third-order valence-corrected chi connectivity index (χ3v) is 5.37. The molecule has 2 atom stereocenters. The Labute approximate surface area is 130 Å². The molecule has 1 fully saturated rings. The first-order valence-electron chi connectivity index (χ1n) is 6.88. The molecule has 2 unspecified atom stereocenters. The lowest BCUT2D eigenvalue weighted by Crippen LogP contribution is -2.29.